The van der Waals surface area contributed by atoms with Crippen molar-refractivity contribution in [3.05, 3.63) is 75.8 Å². The molecular formula is C17H16N2O. The van der Waals surface area contributed by atoms with Gasteiger partial charge >= 0.3 is 0 Å². The average molecular weight is 264 g/mol. The lowest BCUT2D eigenvalue weighted by atomic mass is 10.1. The molecule has 0 N–H and O–H groups in total. The summed E-state index contributed by atoms with van der Waals surface area (Å²) in [6.45, 7) is 4.52. The largest absolute Gasteiger partial charge is 0.304 e. The van der Waals surface area contributed by atoms with Gasteiger partial charge < -0.3 is 4.57 Å². The van der Waals surface area contributed by atoms with Gasteiger partial charge in [-0.05, 0) is 31.5 Å². The summed E-state index contributed by atoms with van der Waals surface area (Å²) in [5, 5.41) is 1.03. The Morgan fingerprint density at radius 3 is 2.55 bits per heavy atom. The normalized spacial score (nSPS) is 10.9. The minimum Gasteiger partial charge on any atom is -0.304 e. The van der Waals surface area contributed by atoms with Crippen LogP contribution in [0.15, 0.2) is 53.3 Å². The third kappa shape index (κ3) is 2.23. The Labute approximate surface area is 117 Å². The van der Waals surface area contributed by atoms with Gasteiger partial charge in [0.05, 0.1) is 12.1 Å². The average Bonchev–Trinajstić information content (AvgIpc) is 2.43. The van der Waals surface area contributed by atoms with Crippen molar-refractivity contribution < 1.29 is 0 Å². The third-order valence-electron chi connectivity index (χ3n) is 3.49. The molecule has 3 rings (SSSR count). The first-order valence-corrected chi connectivity index (χ1v) is 6.67. The number of nitrogens with zero attached hydrogens (tertiary/aromatic N) is 2. The van der Waals surface area contributed by atoms with Crippen LogP contribution in [0.3, 0.4) is 0 Å². The molecule has 1 aromatic carbocycles. The monoisotopic (exact) mass is 264 g/mol. The number of hydrogen-bond acceptors (Lipinski definition) is 2. The quantitative estimate of drug-likeness (QED) is 0.713. The second kappa shape index (κ2) is 4.93. The molecule has 2 aromatic heterocycles. The van der Waals surface area contributed by atoms with Crippen molar-refractivity contribution in [2.24, 2.45) is 0 Å². The standard InChI is InChI=1S/C17H16N2O/c1-12-10-16-15(13(2)18-12)8-9-17(20)19(16)11-14-6-4-3-5-7-14/h3-10H,11H2,1-2H3. The highest BCUT2D eigenvalue weighted by molar-refractivity contribution is 5.81. The molecule has 3 heteroatoms. The van der Waals surface area contributed by atoms with Crippen molar-refractivity contribution in [2.75, 3.05) is 0 Å². The second-order valence-electron chi connectivity index (χ2n) is 5.03. The van der Waals surface area contributed by atoms with Crippen LogP contribution in [0.25, 0.3) is 10.9 Å². The summed E-state index contributed by atoms with van der Waals surface area (Å²) in [6.07, 6.45) is 0. The highest BCUT2D eigenvalue weighted by atomic mass is 16.1. The van der Waals surface area contributed by atoms with Gasteiger partial charge in [0.15, 0.2) is 0 Å². The molecule has 0 aliphatic rings. The highest BCUT2D eigenvalue weighted by Crippen LogP contribution is 2.17. The molecule has 20 heavy (non-hydrogen) atoms. The summed E-state index contributed by atoms with van der Waals surface area (Å²) < 4.78 is 1.81. The minimum absolute atomic E-state index is 0.0198. The second-order valence-corrected chi connectivity index (χ2v) is 5.03. The van der Waals surface area contributed by atoms with Gasteiger partial charge in [-0.1, -0.05) is 30.3 Å². The molecule has 0 amide bonds. The van der Waals surface area contributed by atoms with Crippen molar-refractivity contribution >= 4 is 10.9 Å². The molecule has 0 unspecified atom stereocenters. The molecule has 0 radical (unpaired) electrons. The fourth-order valence-electron chi connectivity index (χ4n) is 2.54. The van der Waals surface area contributed by atoms with E-state index in [2.05, 4.69) is 4.98 Å². The predicted molar refractivity (Wildman–Crippen MR) is 81.0 cm³/mol. The zero-order valence-corrected chi connectivity index (χ0v) is 11.6. The zero-order valence-electron chi connectivity index (χ0n) is 11.6. The van der Waals surface area contributed by atoms with Gasteiger partial charge in [-0.3, -0.25) is 9.78 Å². The Kier molecular flexibility index (Phi) is 3.11. The number of aryl methyl sites for hydroxylation is 2. The van der Waals surface area contributed by atoms with E-state index in [-0.39, 0.29) is 5.56 Å². The van der Waals surface area contributed by atoms with Gasteiger partial charge in [0, 0.05) is 22.8 Å². The van der Waals surface area contributed by atoms with Gasteiger partial charge in [-0.25, -0.2) is 0 Å². The van der Waals surface area contributed by atoms with Crippen molar-refractivity contribution in [1.82, 2.24) is 9.55 Å². The maximum absolute atomic E-state index is 12.2. The number of rotatable bonds is 2. The first-order chi connectivity index (χ1) is 9.65. The summed E-state index contributed by atoms with van der Waals surface area (Å²) in [4.78, 5) is 16.7. The molecule has 3 aromatic rings. The molecule has 0 bridgehead atoms. The van der Waals surface area contributed by atoms with Gasteiger partial charge in [0.25, 0.3) is 5.56 Å². The molecule has 0 saturated carbocycles. The number of aromatic nitrogens is 2. The number of fused-ring (bicyclic) bond motifs is 1. The van der Waals surface area contributed by atoms with E-state index < -0.39 is 0 Å². The SMILES string of the molecule is Cc1cc2c(ccc(=O)n2Cc2ccccc2)c(C)n1. The van der Waals surface area contributed by atoms with E-state index in [0.29, 0.717) is 6.54 Å². The fourth-order valence-corrected chi connectivity index (χ4v) is 2.54. The Morgan fingerprint density at radius 2 is 1.80 bits per heavy atom. The molecular weight excluding hydrogens is 248 g/mol. The number of benzene rings is 1. The van der Waals surface area contributed by atoms with Crippen LogP contribution in [0.2, 0.25) is 0 Å². The molecule has 0 saturated heterocycles. The predicted octanol–water partition coefficient (Wildman–Crippen LogP) is 3.06. The number of hydrogen-bond donors (Lipinski definition) is 0. The van der Waals surface area contributed by atoms with Crippen LogP contribution in [0.1, 0.15) is 17.0 Å². The van der Waals surface area contributed by atoms with Crippen molar-refractivity contribution in [2.45, 2.75) is 20.4 Å². The van der Waals surface area contributed by atoms with Gasteiger partial charge in [0.1, 0.15) is 0 Å². The van der Waals surface area contributed by atoms with Crippen LogP contribution in [0.4, 0.5) is 0 Å². The fraction of sp³-hybridized carbons (Fsp3) is 0.176. The van der Waals surface area contributed by atoms with Crippen LogP contribution in [-0.2, 0) is 6.54 Å². The van der Waals surface area contributed by atoms with E-state index >= 15 is 0 Å². The summed E-state index contributed by atoms with van der Waals surface area (Å²) in [6, 6.07) is 15.5. The van der Waals surface area contributed by atoms with Gasteiger partial charge in [0.2, 0.25) is 0 Å². The Morgan fingerprint density at radius 1 is 1.05 bits per heavy atom. The van der Waals surface area contributed by atoms with Gasteiger partial charge in [-0.15, -0.1) is 0 Å². The Hall–Kier alpha value is -2.42. The first kappa shape index (κ1) is 12.6. The smallest absolute Gasteiger partial charge is 0.251 e. The van der Waals surface area contributed by atoms with Crippen LogP contribution in [-0.4, -0.2) is 9.55 Å². The maximum Gasteiger partial charge on any atom is 0.251 e. The molecule has 0 atom stereocenters. The van der Waals surface area contributed by atoms with Crippen LogP contribution in [0.5, 0.6) is 0 Å². The molecule has 0 fully saturated rings. The van der Waals surface area contributed by atoms with E-state index in [4.69, 9.17) is 0 Å². The lowest BCUT2D eigenvalue weighted by Crippen LogP contribution is -2.20. The van der Waals surface area contributed by atoms with E-state index in [0.717, 1.165) is 27.9 Å². The Balaban J connectivity index is 2.24. The van der Waals surface area contributed by atoms with E-state index in [1.54, 1.807) is 6.07 Å². The number of pyridine rings is 2. The van der Waals surface area contributed by atoms with Crippen molar-refractivity contribution in [3.63, 3.8) is 0 Å². The topological polar surface area (TPSA) is 34.9 Å². The van der Waals surface area contributed by atoms with E-state index in [1.807, 2.05) is 60.9 Å². The molecule has 2 heterocycles. The molecule has 0 aliphatic heterocycles. The molecule has 100 valence electrons. The lowest BCUT2D eigenvalue weighted by molar-refractivity contribution is 0.792. The summed E-state index contributed by atoms with van der Waals surface area (Å²) in [7, 11) is 0. The lowest BCUT2D eigenvalue weighted by Gasteiger charge is -2.12. The third-order valence-corrected chi connectivity index (χ3v) is 3.49. The van der Waals surface area contributed by atoms with Gasteiger partial charge in [-0.2, -0.15) is 0 Å². The van der Waals surface area contributed by atoms with Crippen LogP contribution in [0, 0.1) is 13.8 Å². The van der Waals surface area contributed by atoms with Crippen molar-refractivity contribution in [3.8, 4) is 0 Å². The molecule has 0 spiro atoms. The van der Waals surface area contributed by atoms with Crippen molar-refractivity contribution in [1.29, 1.82) is 0 Å². The van der Waals surface area contributed by atoms with E-state index in [1.165, 1.54) is 0 Å². The zero-order chi connectivity index (χ0) is 14.1. The summed E-state index contributed by atoms with van der Waals surface area (Å²) in [5.41, 5.74) is 3.98. The Bertz CT molecular complexity index is 820. The maximum atomic E-state index is 12.2. The highest BCUT2D eigenvalue weighted by Gasteiger charge is 2.07. The first-order valence-electron chi connectivity index (χ1n) is 6.67. The van der Waals surface area contributed by atoms with E-state index in [9.17, 15) is 4.79 Å². The summed E-state index contributed by atoms with van der Waals surface area (Å²) >= 11 is 0. The molecule has 0 aliphatic carbocycles. The minimum atomic E-state index is 0.0198. The van der Waals surface area contributed by atoms with Crippen LogP contribution >= 0.6 is 0 Å². The molecule has 3 nitrogen and oxygen atoms in total. The van der Waals surface area contributed by atoms with Crippen LogP contribution < -0.4 is 5.56 Å². The summed E-state index contributed by atoms with van der Waals surface area (Å²) in [5.74, 6) is 0.